The molecule has 0 aliphatic carbocycles. The molecule has 0 atom stereocenters. The van der Waals surface area contributed by atoms with E-state index in [2.05, 4.69) is 5.10 Å². The van der Waals surface area contributed by atoms with Crippen LogP contribution in [0.4, 0.5) is 5.88 Å². The molecule has 1 aliphatic heterocycles. The molecule has 0 saturated heterocycles. The first kappa shape index (κ1) is 13.1. The van der Waals surface area contributed by atoms with Crippen molar-refractivity contribution in [3.05, 3.63) is 28.0 Å². The fraction of sp³-hybridized carbons (Fsp3) is 0.455. The van der Waals surface area contributed by atoms with E-state index in [1.165, 1.54) is 17.1 Å². The van der Waals surface area contributed by atoms with Crippen LogP contribution in [0.25, 0.3) is 0 Å². The van der Waals surface area contributed by atoms with Crippen molar-refractivity contribution in [1.82, 2.24) is 5.01 Å². The Balaban J connectivity index is 2.30. The van der Waals surface area contributed by atoms with Crippen molar-refractivity contribution in [1.29, 1.82) is 0 Å². The molecule has 0 bridgehead atoms. The second kappa shape index (κ2) is 4.38. The van der Waals surface area contributed by atoms with Gasteiger partial charge < -0.3 is 9.15 Å². The number of nitrogens with zero attached hydrogens (tertiary/aromatic N) is 3. The molecule has 1 aliphatic rings. The summed E-state index contributed by atoms with van der Waals surface area (Å²) in [7, 11) is 0. The van der Waals surface area contributed by atoms with Gasteiger partial charge in [-0.05, 0) is 19.9 Å². The molecule has 0 spiro atoms. The fourth-order valence-corrected chi connectivity index (χ4v) is 1.66. The highest BCUT2D eigenvalue weighted by molar-refractivity contribution is 5.94. The van der Waals surface area contributed by atoms with E-state index in [9.17, 15) is 14.9 Å². The predicted molar refractivity (Wildman–Crippen MR) is 64.2 cm³/mol. The summed E-state index contributed by atoms with van der Waals surface area (Å²) in [5, 5.41) is 15.8. The molecule has 1 aromatic rings. The van der Waals surface area contributed by atoms with Crippen LogP contribution in [0, 0.1) is 10.1 Å². The smallest absolute Gasteiger partial charge is 0.433 e. The summed E-state index contributed by atoms with van der Waals surface area (Å²) in [5.74, 6) is -0.438. The van der Waals surface area contributed by atoms with Crippen LogP contribution in [-0.2, 0) is 9.53 Å². The van der Waals surface area contributed by atoms with Gasteiger partial charge in [-0.1, -0.05) is 6.92 Å². The van der Waals surface area contributed by atoms with E-state index in [1.54, 1.807) is 20.8 Å². The zero-order chi connectivity index (χ0) is 14.2. The maximum Gasteiger partial charge on any atom is 0.433 e. The second-order valence-corrected chi connectivity index (χ2v) is 4.41. The predicted octanol–water partition coefficient (Wildman–Crippen LogP) is 1.85. The molecule has 2 heterocycles. The minimum absolute atomic E-state index is 0.0555. The summed E-state index contributed by atoms with van der Waals surface area (Å²) in [6.07, 6.45) is 0.280. The Hall–Kier alpha value is -2.38. The number of ether oxygens (including phenoxy) is 1. The third-order valence-corrected chi connectivity index (χ3v) is 2.57. The van der Waals surface area contributed by atoms with Crippen molar-refractivity contribution < 1.29 is 18.9 Å². The number of nitro groups is 1. The van der Waals surface area contributed by atoms with E-state index in [4.69, 9.17) is 9.15 Å². The summed E-state index contributed by atoms with van der Waals surface area (Å²) in [6.45, 7) is 5.06. The molecule has 1 aromatic heterocycles. The molecule has 0 fully saturated rings. The largest absolute Gasteiger partial charge is 0.446 e. The molecular weight excluding hydrogens is 254 g/mol. The molecule has 102 valence electrons. The van der Waals surface area contributed by atoms with Crippen LogP contribution in [0.5, 0.6) is 0 Å². The van der Waals surface area contributed by atoms with Gasteiger partial charge in [0, 0.05) is 6.42 Å². The third-order valence-electron chi connectivity index (χ3n) is 2.57. The number of carbonyl (C=O) groups is 1. The Kier molecular flexibility index (Phi) is 3.01. The molecule has 0 N–H and O–H groups in total. The molecule has 2 rings (SSSR count). The molecule has 1 amide bonds. The SMILES string of the molecule is CCC(=O)N1N=C(c2ccc([N+](=O)[O-])o2)OC1(C)C. The quantitative estimate of drug-likeness (QED) is 0.614. The van der Waals surface area contributed by atoms with E-state index in [-0.39, 0.29) is 24.0 Å². The van der Waals surface area contributed by atoms with Gasteiger partial charge in [0.05, 0.1) is 6.07 Å². The number of amides is 1. The van der Waals surface area contributed by atoms with Crippen LogP contribution < -0.4 is 0 Å². The summed E-state index contributed by atoms with van der Waals surface area (Å²) in [6, 6.07) is 2.59. The van der Waals surface area contributed by atoms with Crippen molar-refractivity contribution in [3.8, 4) is 0 Å². The number of furan rings is 1. The Morgan fingerprint density at radius 3 is 2.74 bits per heavy atom. The lowest BCUT2D eigenvalue weighted by atomic mass is 10.3. The van der Waals surface area contributed by atoms with Crippen LogP contribution in [0.2, 0.25) is 0 Å². The molecule has 8 heteroatoms. The van der Waals surface area contributed by atoms with Crippen molar-refractivity contribution in [2.75, 3.05) is 0 Å². The Bertz CT molecular complexity index is 560. The minimum atomic E-state index is -0.940. The number of rotatable bonds is 3. The first-order valence-corrected chi connectivity index (χ1v) is 5.70. The zero-order valence-electron chi connectivity index (χ0n) is 10.7. The van der Waals surface area contributed by atoms with Crippen LogP contribution in [0.3, 0.4) is 0 Å². The lowest BCUT2D eigenvalue weighted by Crippen LogP contribution is -2.41. The Labute approximate surface area is 108 Å². The minimum Gasteiger partial charge on any atom is -0.446 e. The second-order valence-electron chi connectivity index (χ2n) is 4.41. The summed E-state index contributed by atoms with van der Waals surface area (Å²) >= 11 is 0. The first-order chi connectivity index (χ1) is 8.85. The Morgan fingerprint density at radius 2 is 2.21 bits per heavy atom. The van der Waals surface area contributed by atoms with Crippen LogP contribution >= 0.6 is 0 Å². The molecule has 0 aromatic carbocycles. The van der Waals surface area contributed by atoms with Gasteiger partial charge in [-0.25, -0.2) is 0 Å². The van der Waals surface area contributed by atoms with E-state index in [0.29, 0.717) is 0 Å². The lowest BCUT2D eigenvalue weighted by Gasteiger charge is -2.26. The average Bonchev–Trinajstić information content (AvgIpc) is 2.92. The average molecular weight is 267 g/mol. The van der Waals surface area contributed by atoms with Crippen LogP contribution in [-0.4, -0.2) is 27.5 Å². The van der Waals surface area contributed by atoms with E-state index >= 15 is 0 Å². The number of hydrazone groups is 1. The topological polar surface area (TPSA) is 98.2 Å². The van der Waals surface area contributed by atoms with Gasteiger partial charge in [-0.3, -0.25) is 14.9 Å². The van der Waals surface area contributed by atoms with Gasteiger partial charge in [0.15, 0.2) is 5.76 Å². The lowest BCUT2D eigenvalue weighted by molar-refractivity contribution is -0.402. The molecule has 0 saturated carbocycles. The molecule has 0 unspecified atom stereocenters. The van der Waals surface area contributed by atoms with Gasteiger partial charge >= 0.3 is 5.88 Å². The van der Waals surface area contributed by atoms with E-state index in [0.717, 1.165) is 0 Å². The fourth-order valence-electron chi connectivity index (χ4n) is 1.66. The number of carbonyl (C=O) groups excluding carboxylic acids is 1. The van der Waals surface area contributed by atoms with Crippen molar-refractivity contribution in [2.45, 2.75) is 32.9 Å². The molecule has 8 nitrogen and oxygen atoms in total. The maximum atomic E-state index is 11.7. The molecule has 0 radical (unpaired) electrons. The van der Waals surface area contributed by atoms with Gasteiger partial charge in [0.2, 0.25) is 11.6 Å². The summed E-state index contributed by atoms with van der Waals surface area (Å²) in [5.41, 5.74) is -0.940. The Morgan fingerprint density at radius 1 is 1.53 bits per heavy atom. The number of hydrogen-bond donors (Lipinski definition) is 0. The van der Waals surface area contributed by atoms with Gasteiger partial charge in [0.1, 0.15) is 4.92 Å². The standard InChI is InChI=1S/C11H13N3O5/c1-4-8(15)13-11(2,3)19-10(12-13)7-5-6-9(18-7)14(16)17/h5-6H,4H2,1-3H3. The van der Waals surface area contributed by atoms with Crippen molar-refractivity contribution in [2.24, 2.45) is 5.10 Å². The highest BCUT2D eigenvalue weighted by Crippen LogP contribution is 2.28. The summed E-state index contributed by atoms with van der Waals surface area (Å²) < 4.78 is 10.5. The first-order valence-electron chi connectivity index (χ1n) is 5.70. The molecular formula is C11H13N3O5. The normalized spacial score (nSPS) is 17.0. The monoisotopic (exact) mass is 267 g/mol. The third kappa shape index (κ3) is 2.28. The maximum absolute atomic E-state index is 11.7. The summed E-state index contributed by atoms with van der Waals surface area (Å²) in [4.78, 5) is 21.6. The van der Waals surface area contributed by atoms with E-state index < -0.39 is 16.5 Å². The van der Waals surface area contributed by atoms with Crippen LogP contribution in [0.1, 0.15) is 33.0 Å². The highest BCUT2D eigenvalue weighted by atomic mass is 16.7. The van der Waals surface area contributed by atoms with Gasteiger partial charge in [-0.2, -0.15) is 5.01 Å². The van der Waals surface area contributed by atoms with Gasteiger partial charge in [-0.15, -0.1) is 5.10 Å². The van der Waals surface area contributed by atoms with Crippen molar-refractivity contribution in [3.63, 3.8) is 0 Å². The number of hydrogen-bond acceptors (Lipinski definition) is 6. The van der Waals surface area contributed by atoms with Crippen LogP contribution in [0.15, 0.2) is 21.7 Å². The van der Waals surface area contributed by atoms with E-state index in [1.807, 2.05) is 0 Å². The highest BCUT2D eigenvalue weighted by Gasteiger charge is 2.41. The van der Waals surface area contributed by atoms with Gasteiger partial charge in [0.25, 0.3) is 5.90 Å². The molecule has 19 heavy (non-hydrogen) atoms. The van der Waals surface area contributed by atoms with Crippen molar-refractivity contribution >= 4 is 17.7 Å². The zero-order valence-corrected chi connectivity index (χ0v) is 10.7.